The first kappa shape index (κ1) is 19.7. The maximum atomic E-state index is 13.1. The van der Waals surface area contributed by atoms with Gasteiger partial charge in [-0.3, -0.25) is 4.79 Å². The Hall–Kier alpha value is -2.61. The normalized spacial score (nSPS) is 11.5. The van der Waals surface area contributed by atoms with Crippen LogP contribution in [0.3, 0.4) is 0 Å². The molecule has 26 heavy (non-hydrogen) atoms. The highest BCUT2D eigenvalue weighted by Gasteiger charge is 2.32. The van der Waals surface area contributed by atoms with E-state index >= 15 is 0 Å². The lowest BCUT2D eigenvalue weighted by Crippen LogP contribution is -2.10. The van der Waals surface area contributed by atoms with E-state index in [1.54, 1.807) is 6.92 Å². The zero-order chi connectivity index (χ0) is 19.5. The minimum absolute atomic E-state index is 0.00468. The fourth-order valence-corrected chi connectivity index (χ4v) is 2.46. The molecule has 2 rings (SSSR count). The quantitative estimate of drug-likeness (QED) is 0.469. The molecular formula is C18H19F3N2O3. The van der Waals surface area contributed by atoms with E-state index in [0.29, 0.717) is 23.4 Å². The highest BCUT2D eigenvalue weighted by Crippen LogP contribution is 2.39. The molecule has 8 heteroatoms. The van der Waals surface area contributed by atoms with Crippen LogP contribution in [0.1, 0.15) is 35.3 Å². The first-order valence-electron chi connectivity index (χ1n) is 7.85. The molecule has 1 aromatic carbocycles. The van der Waals surface area contributed by atoms with Gasteiger partial charge < -0.3 is 15.2 Å². The minimum atomic E-state index is -4.52. The molecule has 2 aromatic rings. The van der Waals surface area contributed by atoms with Gasteiger partial charge in [0.25, 0.3) is 0 Å². The lowest BCUT2D eigenvalue weighted by molar-refractivity contribution is -0.137. The Kier molecular flexibility index (Phi) is 5.86. The first-order valence-corrected chi connectivity index (χ1v) is 7.85. The minimum Gasteiger partial charge on any atom is -0.467 e. The van der Waals surface area contributed by atoms with Crippen LogP contribution in [0.5, 0.6) is 5.75 Å². The van der Waals surface area contributed by atoms with Gasteiger partial charge in [-0.25, -0.2) is 4.98 Å². The summed E-state index contributed by atoms with van der Waals surface area (Å²) in [5.41, 5.74) is 6.20. The summed E-state index contributed by atoms with van der Waals surface area (Å²) in [7, 11) is 0. The molecular weight excluding hydrogens is 349 g/mol. The standard InChI is InChI=1S/C18H19F3N2O3/c1-4-25-9-26-15-8-12(18(19,20)21)7-10(2)16(15)14-6-5-13(11(3)24)17(22)23-14/h5-8H,4,9H2,1-3H3,(H2,22,23). The molecule has 0 saturated carbocycles. The van der Waals surface area contributed by atoms with Crippen molar-refractivity contribution in [2.24, 2.45) is 0 Å². The second-order valence-corrected chi connectivity index (χ2v) is 5.60. The number of carbonyl (C=O) groups is 1. The van der Waals surface area contributed by atoms with Crippen LogP contribution in [0.4, 0.5) is 19.0 Å². The number of hydrogen-bond acceptors (Lipinski definition) is 5. The smallest absolute Gasteiger partial charge is 0.416 e. The van der Waals surface area contributed by atoms with Crippen molar-refractivity contribution in [3.63, 3.8) is 0 Å². The van der Waals surface area contributed by atoms with E-state index in [-0.39, 0.29) is 29.7 Å². The predicted octanol–water partition coefficient (Wildman–Crippen LogP) is 4.23. The number of anilines is 1. The van der Waals surface area contributed by atoms with Crippen molar-refractivity contribution >= 4 is 11.6 Å². The Morgan fingerprint density at radius 2 is 1.96 bits per heavy atom. The molecule has 0 fully saturated rings. The predicted molar refractivity (Wildman–Crippen MR) is 90.9 cm³/mol. The molecule has 1 heterocycles. The van der Waals surface area contributed by atoms with Gasteiger partial charge >= 0.3 is 6.18 Å². The summed E-state index contributed by atoms with van der Waals surface area (Å²) < 4.78 is 49.8. The second kappa shape index (κ2) is 7.74. The Morgan fingerprint density at radius 3 is 2.50 bits per heavy atom. The van der Waals surface area contributed by atoms with Gasteiger partial charge in [0.1, 0.15) is 11.6 Å². The van der Waals surface area contributed by atoms with Gasteiger partial charge in [0.2, 0.25) is 0 Å². The lowest BCUT2D eigenvalue weighted by atomic mass is 9.99. The second-order valence-electron chi connectivity index (χ2n) is 5.60. The van der Waals surface area contributed by atoms with E-state index in [1.165, 1.54) is 26.0 Å². The number of nitrogens with two attached hydrogens (primary N) is 1. The third-order valence-corrected chi connectivity index (χ3v) is 3.69. The topological polar surface area (TPSA) is 74.4 Å². The molecule has 0 amide bonds. The van der Waals surface area contributed by atoms with Gasteiger partial charge in [0, 0.05) is 12.2 Å². The van der Waals surface area contributed by atoms with E-state index < -0.39 is 11.7 Å². The van der Waals surface area contributed by atoms with Crippen LogP contribution >= 0.6 is 0 Å². The number of nitrogen functional groups attached to an aromatic ring is 1. The van der Waals surface area contributed by atoms with Crippen LogP contribution in [-0.4, -0.2) is 24.2 Å². The number of carbonyl (C=O) groups excluding carboxylic acids is 1. The Morgan fingerprint density at radius 1 is 1.27 bits per heavy atom. The Bertz CT molecular complexity index is 820. The molecule has 0 aliphatic heterocycles. The summed E-state index contributed by atoms with van der Waals surface area (Å²) in [6, 6.07) is 4.93. The number of hydrogen-bond donors (Lipinski definition) is 1. The van der Waals surface area contributed by atoms with Crippen molar-refractivity contribution in [2.45, 2.75) is 26.9 Å². The Balaban J connectivity index is 2.59. The fourth-order valence-electron chi connectivity index (χ4n) is 2.46. The van der Waals surface area contributed by atoms with Crippen molar-refractivity contribution in [1.29, 1.82) is 0 Å². The SMILES string of the molecule is CCOCOc1cc(C(F)(F)F)cc(C)c1-c1ccc(C(C)=O)c(N)n1. The van der Waals surface area contributed by atoms with Crippen molar-refractivity contribution < 1.29 is 27.4 Å². The van der Waals surface area contributed by atoms with Crippen molar-refractivity contribution in [2.75, 3.05) is 19.1 Å². The number of aryl methyl sites for hydroxylation is 1. The van der Waals surface area contributed by atoms with Crippen LogP contribution in [-0.2, 0) is 10.9 Å². The van der Waals surface area contributed by atoms with E-state index in [2.05, 4.69) is 4.98 Å². The molecule has 1 aromatic heterocycles. The molecule has 140 valence electrons. The zero-order valence-corrected chi connectivity index (χ0v) is 14.6. The third-order valence-electron chi connectivity index (χ3n) is 3.69. The number of rotatable bonds is 6. The number of nitrogens with zero attached hydrogens (tertiary/aromatic N) is 1. The molecule has 2 N–H and O–H groups in total. The zero-order valence-electron chi connectivity index (χ0n) is 14.6. The van der Waals surface area contributed by atoms with Crippen molar-refractivity contribution in [3.05, 3.63) is 41.0 Å². The summed E-state index contributed by atoms with van der Waals surface area (Å²) >= 11 is 0. The number of halogens is 3. The number of pyridine rings is 1. The molecule has 0 saturated heterocycles. The van der Waals surface area contributed by atoms with E-state index in [4.69, 9.17) is 15.2 Å². The van der Waals surface area contributed by atoms with Crippen molar-refractivity contribution in [1.82, 2.24) is 4.98 Å². The summed E-state index contributed by atoms with van der Waals surface area (Å²) in [5, 5.41) is 0. The average Bonchev–Trinajstić information content (AvgIpc) is 2.53. The molecule has 0 bridgehead atoms. The summed E-state index contributed by atoms with van der Waals surface area (Å²) in [5.74, 6) is -0.267. The average molecular weight is 368 g/mol. The van der Waals surface area contributed by atoms with Crippen molar-refractivity contribution in [3.8, 4) is 17.0 Å². The van der Waals surface area contributed by atoms with Gasteiger partial charge in [-0.15, -0.1) is 0 Å². The molecule has 0 spiro atoms. The molecule has 0 unspecified atom stereocenters. The highest BCUT2D eigenvalue weighted by atomic mass is 19.4. The van der Waals surface area contributed by atoms with Crippen LogP contribution in [0.25, 0.3) is 11.3 Å². The number of aromatic nitrogens is 1. The summed E-state index contributed by atoms with van der Waals surface area (Å²) in [6.45, 7) is 4.77. The van der Waals surface area contributed by atoms with Crippen LogP contribution < -0.4 is 10.5 Å². The number of benzene rings is 1. The number of alkyl halides is 3. The summed E-state index contributed by atoms with van der Waals surface area (Å²) in [4.78, 5) is 15.7. The first-order chi connectivity index (χ1) is 12.1. The molecule has 5 nitrogen and oxygen atoms in total. The van der Waals surface area contributed by atoms with Crippen LogP contribution in [0, 0.1) is 6.92 Å². The van der Waals surface area contributed by atoms with Crippen LogP contribution in [0.2, 0.25) is 0 Å². The van der Waals surface area contributed by atoms with Gasteiger partial charge in [-0.1, -0.05) is 0 Å². The van der Waals surface area contributed by atoms with Gasteiger partial charge in [0.15, 0.2) is 12.6 Å². The molecule has 0 aliphatic carbocycles. The largest absolute Gasteiger partial charge is 0.467 e. The molecule has 0 aliphatic rings. The molecule has 0 atom stereocenters. The van der Waals surface area contributed by atoms with Crippen LogP contribution in [0.15, 0.2) is 24.3 Å². The summed E-state index contributed by atoms with van der Waals surface area (Å²) in [6.07, 6.45) is -4.52. The maximum absolute atomic E-state index is 13.1. The molecule has 0 radical (unpaired) electrons. The maximum Gasteiger partial charge on any atom is 0.416 e. The van der Waals surface area contributed by atoms with Gasteiger partial charge in [-0.05, 0) is 50.6 Å². The lowest BCUT2D eigenvalue weighted by Gasteiger charge is -2.17. The Labute approximate surface area is 148 Å². The fraction of sp³-hybridized carbons (Fsp3) is 0.333. The van der Waals surface area contributed by atoms with E-state index in [0.717, 1.165) is 12.1 Å². The number of Topliss-reactive ketones (excluding diaryl/α,β-unsaturated/α-hetero) is 1. The monoisotopic (exact) mass is 368 g/mol. The number of ether oxygens (including phenoxy) is 2. The van der Waals surface area contributed by atoms with E-state index in [1.807, 2.05) is 0 Å². The number of ketones is 1. The highest BCUT2D eigenvalue weighted by molar-refractivity contribution is 5.98. The third kappa shape index (κ3) is 4.32. The van der Waals surface area contributed by atoms with Gasteiger partial charge in [-0.2, -0.15) is 13.2 Å². The van der Waals surface area contributed by atoms with E-state index in [9.17, 15) is 18.0 Å². The van der Waals surface area contributed by atoms with Gasteiger partial charge in [0.05, 0.1) is 16.8 Å².